The highest BCUT2D eigenvalue weighted by Crippen LogP contribution is 2.27. The van der Waals surface area contributed by atoms with E-state index < -0.39 is 0 Å². The van der Waals surface area contributed by atoms with Gasteiger partial charge in [-0.15, -0.1) is 24.0 Å². The van der Waals surface area contributed by atoms with Crippen molar-refractivity contribution >= 4 is 29.9 Å². The number of halogens is 1. The van der Waals surface area contributed by atoms with Gasteiger partial charge in [0.15, 0.2) is 17.5 Å². The molecule has 0 aliphatic rings. The van der Waals surface area contributed by atoms with Crippen LogP contribution in [0.25, 0.3) is 0 Å². The topological polar surface area (TPSA) is 72.7 Å². The van der Waals surface area contributed by atoms with Crippen LogP contribution in [0.15, 0.2) is 35.6 Å². The Kier molecular flexibility index (Phi) is 10.6. The number of nitrogens with zero attached hydrogens (tertiary/aromatic N) is 3. The van der Waals surface area contributed by atoms with E-state index in [1.807, 2.05) is 42.3 Å². The molecule has 1 aromatic carbocycles. The van der Waals surface area contributed by atoms with Crippen molar-refractivity contribution < 1.29 is 9.47 Å². The largest absolute Gasteiger partial charge is 0.493 e. The van der Waals surface area contributed by atoms with Gasteiger partial charge >= 0.3 is 0 Å². The van der Waals surface area contributed by atoms with Crippen LogP contribution in [0.5, 0.6) is 11.5 Å². The Morgan fingerprint density at radius 2 is 1.89 bits per heavy atom. The van der Waals surface area contributed by atoms with E-state index in [1.165, 1.54) is 5.56 Å². The molecular formula is C19H30IN5O2. The normalized spacial score (nSPS) is 10.9. The second-order valence-electron chi connectivity index (χ2n) is 5.90. The van der Waals surface area contributed by atoms with Crippen LogP contribution in [0.3, 0.4) is 0 Å². The lowest BCUT2D eigenvalue weighted by Gasteiger charge is -2.11. The molecule has 0 amide bonds. The molecule has 7 nitrogen and oxygen atoms in total. The van der Waals surface area contributed by atoms with E-state index in [0.717, 1.165) is 49.0 Å². The molecule has 1 heterocycles. The van der Waals surface area contributed by atoms with Gasteiger partial charge in [0, 0.05) is 32.9 Å². The SMILES string of the molecule is CCNC(=NCCc1ccc(OC)c(OC)c1)NCCc1cnn(C)c1.I. The minimum atomic E-state index is 0. The van der Waals surface area contributed by atoms with Gasteiger partial charge < -0.3 is 20.1 Å². The van der Waals surface area contributed by atoms with E-state index >= 15 is 0 Å². The number of hydrogen-bond donors (Lipinski definition) is 2. The summed E-state index contributed by atoms with van der Waals surface area (Å²) < 4.78 is 12.4. The van der Waals surface area contributed by atoms with E-state index in [0.29, 0.717) is 6.54 Å². The van der Waals surface area contributed by atoms with Crippen molar-refractivity contribution in [3.05, 3.63) is 41.7 Å². The molecule has 0 bridgehead atoms. The van der Waals surface area contributed by atoms with Crippen LogP contribution < -0.4 is 20.1 Å². The minimum absolute atomic E-state index is 0. The molecule has 8 heteroatoms. The maximum Gasteiger partial charge on any atom is 0.191 e. The van der Waals surface area contributed by atoms with Crippen molar-refractivity contribution in [2.75, 3.05) is 33.9 Å². The zero-order valence-corrected chi connectivity index (χ0v) is 18.8. The first-order valence-corrected chi connectivity index (χ1v) is 8.86. The number of aliphatic imine (C=N–C) groups is 1. The Hall–Kier alpha value is -1.97. The summed E-state index contributed by atoms with van der Waals surface area (Å²) in [5.41, 5.74) is 2.37. The Morgan fingerprint density at radius 3 is 2.52 bits per heavy atom. The van der Waals surface area contributed by atoms with Gasteiger partial charge in [0.05, 0.1) is 20.4 Å². The summed E-state index contributed by atoms with van der Waals surface area (Å²) in [6, 6.07) is 5.96. The molecule has 150 valence electrons. The average molecular weight is 487 g/mol. The lowest BCUT2D eigenvalue weighted by molar-refractivity contribution is 0.354. The maximum atomic E-state index is 5.35. The quantitative estimate of drug-likeness (QED) is 0.323. The third kappa shape index (κ3) is 7.66. The van der Waals surface area contributed by atoms with Gasteiger partial charge in [0.25, 0.3) is 0 Å². The van der Waals surface area contributed by atoms with E-state index in [9.17, 15) is 0 Å². The molecule has 0 aliphatic heterocycles. The fourth-order valence-corrected chi connectivity index (χ4v) is 2.60. The summed E-state index contributed by atoms with van der Waals surface area (Å²) in [7, 11) is 5.22. The molecule has 0 fully saturated rings. The molecule has 2 aromatic rings. The summed E-state index contributed by atoms with van der Waals surface area (Å²) in [4.78, 5) is 4.64. The van der Waals surface area contributed by atoms with Gasteiger partial charge in [-0.2, -0.15) is 5.10 Å². The molecule has 1 aromatic heterocycles. The van der Waals surface area contributed by atoms with Crippen LogP contribution in [0.2, 0.25) is 0 Å². The van der Waals surface area contributed by atoms with Crippen LogP contribution in [0.4, 0.5) is 0 Å². The van der Waals surface area contributed by atoms with Crippen molar-refractivity contribution in [1.82, 2.24) is 20.4 Å². The van der Waals surface area contributed by atoms with Crippen LogP contribution in [-0.4, -0.2) is 49.6 Å². The molecular weight excluding hydrogens is 457 g/mol. The predicted molar refractivity (Wildman–Crippen MR) is 120 cm³/mol. The number of aryl methyl sites for hydroxylation is 1. The molecule has 0 spiro atoms. The number of aromatic nitrogens is 2. The van der Waals surface area contributed by atoms with Gasteiger partial charge in [-0.1, -0.05) is 6.07 Å². The number of benzene rings is 1. The average Bonchev–Trinajstić information content (AvgIpc) is 3.06. The van der Waals surface area contributed by atoms with Crippen molar-refractivity contribution in [2.24, 2.45) is 12.0 Å². The molecule has 2 N–H and O–H groups in total. The number of guanidine groups is 1. The van der Waals surface area contributed by atoms with Crippen LogP contribution in [0, 0.1) is 0 Å². The zero-order valence-electron chi connectivity index (χ0n) is 16.5. The predicted octanol–water partition coefficient (Wildman–Crippen LogP) is 2.40. The van der Waals surface area contributed by atoms with Crippen LogP contribution >= 0.6 is 24.0 Å². The first kappa shape index (κ1) is 23.1. The molecule has 0 atom stereocenters. The van der Waals surface area contributed by atoms with Crippen molar-refractivity contribution in [1.29, 1.82) is 0 Å². The number of ether oxygens (including phenoxy) is 2. The monoisotopic (exact) mass is 487 g/mol. The van der Waals surface area contributed by atoms with Crippen LogP contribution in [0.1, 0.15) is 18.1 Å². The fraction of sp³-hybridized carbons (Fsp3) is 0.474. The van der Waals surface area contributed by atoms with Crippen molar-refractivity contribution in [3.8, 4) is 11.5 Å². The smallest absolute Gasteiger partial charge is 0.191 e. The van der Waals surface area contributed by atoms with E-state index in [-0.39, 0.29) is 24.0 Å². The molecule has 0 radical (unpaired) electrons. The van der Waals surface area contributed by atoms with E-state index in [4.69, 9.17) is 9.47 Å². The standard InChI is InChI=1S/C19H29N5O2.HI/c1-5-20-19(22-11-9-16-13-23-24(2)14-16)21-10-8-15-6-7-17(25-3)18(12-15)26-4;/h6-7,12-14H,5,8-11H2,1-4H3,(H2,20,21,22);1H. The number of methoxy groups -OCH3 is 2. The Morgan fingerprint density at radius 1 is 1.11 bits per heavy atom. The fourth-order valence-electron chi connectivity index (χ4n) is 2.60. The second-order valence-corrected chi connectivity index (χ2v) is 5.90. The summed E-state index contributed by atoms with van der Waals surface area (Å²) in [6.07, 6.45) is 5.67. The minimum Gasteiger partial charge on any atom is -0.493 e. The summed E-state index contributed by atoms with van der Waals surface area (Å²) in [5, 5.41) is 10.8. The Bertz CT molecular complexity index is 718. The van der Waals surface area contributed by atoms with Crippen LogP contribution in [-0.2, 0) is 19.9 Å². The third-order valence-corrected chi connectivity index (χ3v) is 3.93. The van der Waals surface area contributed by atoms with Gasteiger partial charge in [-0.3, -0.25) is 9.67 Å². The molecule has 0 unspecified atom stereocenters. The van der Waals surface area contributed by atoms with Crippen molar-refractivity contribution in [2.45, 2.75) is 19.8 Å². The summed E-state index contributed by atoms with van der Waals surface area (Å²) in [6.45, 7) is 4.40. The van der Waals surface area contributed by atoms with E-state index in [2.05, 4.69) is 27.6 Å². The Balaban J connectivity index is 0.00000364. The number of hydrogen-bond acceptors (Lipinski definition) is 4. The first-order valence-electron chi connectivity index (χ1n) is 8.86. The van der Waals surface area contributed by atoms with Crippen molar-refractivity contribution in [3.63, 3.8) is 0 Å². The highest BCUT2D eigenvalue weighted by atomic mass is 127. The van der Waals surface area contributed by atoms with Gasteiger partial charge in [-0.05, 0) is 43.0 Å². The highest BCUT2D eigenvalue weighted by Gasteiger charge is 2.05. The zero-order chi connectivity index (χ0) is 18.8. The lowest BCUT2D eigenvalue weighted by atomic mass is 10.1. The van der Waals surface area contributed by atoms with E-state index in [1.54, 1.807) is 14.2 Å². The second kappa shape index (κ2) is 12.4. The number of rotatable bonds is 9. The van der Waals surface area contributed by atoms with Gasteiger partial charge in [0.1, 0.15) is 0 Å². The highest BCUT2D eigenvalue weighted by molar-refractivity contribution is 14.0. The van der Waals surface area contributed by atoms with Gasteiger partial charge in [-0.25, -0.2) is 0 Å². The molecule has 0 aliphatic carbocycles. The summed E-state index contributed by atoms with van der Waals surface area (Å²) >= 11 is 0. The third-order valence-electron chi connectivity index (χ3n) is 3.93. The van der Waals surface area contributed by atoms with Gasteiger partial charge in [0.2, 0.25) is 0 Å². The molecule has 0 saturated carbocycles. The molecule has 0 saturated heterocycles. The Labute approximate surface area is 178 Å². The maximum absolute atomic E-state index is 5.35. The number of nitrogens with one attached hydrogen (secondary N) is 2. The molecule has 27 heavy (non-hydrogen) atoms. The summed E-state index contributed by atoms with van der Waals surface area (Å²) in [5.74, 6) is 2.32. The lowest BCUT2D eigenvalue weighted by Crippen LogP contribution is -2.38. The molecule has 2 rings (SSSR count). The first-order chi connectivity index (χ1) is 12.7.